The molecule has 1 rings (SSSR count). The van der Waals surface area contributed by atoms with Crippen molar-refractivity contribution in [1.82, 2.24) is 0 Å². The average Bonchev–Trinajstić information content (AvgIpc) is 2.20. The van der Waals surface area contributed by atoms with E-state index in [9.17, 15) is 0 Å². The maximum absolute atomic E-state index is 5.72. The number of para-hydroxylation sites is 2. The smallest absolute Gasteiger partial charge is 0.142 e. The van der Waals surface area contributed by atoms with Crippen molar-refractivity contribution in [3.63, 3.8) is 0 Å². The van der Waals surface area contributed by atoms with Crippen LogP contribution in [-0.2, 0) is 4.74 Å². The van der Waals surface area contributed by atoms with Crippen LogP contribution in [0.1, 0.15) is 20.8 Å². The Balaban J connectivity index is 2.70. The Morgan fingerprint density at radius 3 is 2.50 bits per heavy atom. The van der Waals surface area contributed by atoms with Gasteiger partial charge in [-0.1, -0.05) is 12.1 Å². The first-order chi connectivity index (χ1) is 7.63. The minimum atomic E-state index is 0.181. The quantitative estimate of drug-likeness (QED) is 0.804. The molecule has 1 aromatic carbocycles. The zero-order valence-electron chi connectivity index (χ0n) is 10.5. The summed E-state index contributed by atoms with van der Waals surface area (Å²) in [6, 6.07) is 8.23. The van der Waals surface area contributed by atoms with E-state index in [1.54, 1.807) is 7.11 Å². The van der Waals surface area contributed by atoms with Crippen LogP contribution in [0.15, 0.2) is 24.3 Å². The van der Waals surface area contributed by atoms with Gasteiger partial charge in [0, 0.05) is 13.2 Å². The van der Waals surface area contributed by atoms with Gasteiger partial charge in [0.1, 0.15) is 5.75 Å². The van der Waals surface area contributed by atoms with Crippen LogP contribution in [-0.4, -0.2) is 25.9 Å². The topological polar surface area (TPSA) is 30.5 Å². The monoisotopic (exact) mass is 223 g/mol. The summed E-state index contributed by atoms with van der Waals surface area (Å²) in [5.74, 6) is 0.889. The number of methoxy groups -OCH3 is 1. The number of anilines is 1. The summed E-state index contributed by atoms with van der Waals surface area (Å²) in [7, 11) is 1.70. The van der Waals surface area contributed by atoms with Crippen LogP contribution < -0.4 is 10.1 Å². The van der Waals surface area contributed by atoms with Crippen molar-refractivity contribution < 1.29 is 9.47 Å². The van der Waals surface area contributed by atoms with Gasteiger partial charge in [0.25, 0.3) is 0 Å². The summed E-state index contributed by atoms with van der Waals surface area (Å²) in [5.41, 5.74) is 1.01. The van der Waals surface area contributed by atoms with Crippen molar-refractivity contribution in [2.45, 2.75) is 32.9 Å². The Kier molecular flexibility index (Phi) is 5.12. The summed E-state index contributed by atoms with van der Waals surface area (Å²) in [5, 5.41) is 3.37. The van der Waals surface area contributed by atoms with E-state index in [4.69, 9.17) is 9.47 Å². The van der Waals surface area contributed by atoms with Crippen LogP contribution >= 0.6 is 0 Å². The van der Waals surface area contributed by atoms with E-state index in [1.807, 2.05) is 38.1 Å². The molecule has 0 bridgehead atoms. The van der Waals surface area contributed by atoms with E-state index in [-0.39, 0.29) is 12.1 Å². The molecule has 3 nitrogen and oxygen atoms in total. The maximum atomic E-state index is 5.72. The first-order valence-corrected chi connectivity index (χ1v) is 5.64. The van der Waals surface area contributed by atoms with E-state index >= 15 is 0 Å². The molecule has 0 saturated carbocycles. The molecular formula is C13H21NO2. The van der Waals surface area contributed by atoms with Crippen LogP contribution in [0.25, 0.3) is 0 Å². The molecule has 0 spiro atoms. The minimum absolute atomic E-state index is 0.181. The van der Waals surface area contributed by atoms with E-state index < -0.39 is 0 Å². The van der Waals surface area contributed by atoms with Gasteiger partial charge in [-0.3, -0.25) is 0 Å². The molecule has 0 amide bonds. The summed E-state index contributed by atoms with van der Waals surface area (Å²) in [6.45, 7) is 6.80. The molecule has 0 aliphatic carbocycles. The molecule has 0 saturated heterocycles. The number of benzene rings is 1. The van der Waals surface area contributed by atoms with Gasteiger partial charge in [-0.15, -0.1) is 0 Å². The predicted octanol–water partition coefficient (Wildman–Crippen LogP) is 2.92. The van der Waals surface area contributed by atoms with Gasteiger partial charge >= 0.3 is 0 Å². The lowest BCUT2D eigenvalue weighted by atomic mass is 10.2. The van der Waals surface area contributed by atoms with Crippen LogP contribution in [0.3, 0.4) is 0 Å². The third kappa shape index (κ3) is 4.11. The van der Waals surface area contributed by atoms with Gasteiger partial charge in [-0.25, -0.2) is 0 Å². The second kappa shape index (κ2) is 6.38. The second-order valence-corrected chi connectivity index (χ2v) is 4.16. The molecule has 90 valence electrons. The standard InChI is InChI=1S/C13H21NO2/c1-10(2)16-13-8-6-5-7-12(13)14-11(3)9-15-4/h5-8,10-11,14H,9H2,1-4H3. The molecule has 1 N–H and O–H groups in total. The third-order valence-corrected chi connectivity index (χ3v) is 2.07. The van der Waals surface area contributed by atoms with E-state index in [0.717, 1.165) is 11.4 Å². The largest absolute Gasteiger partial charge is 0.489 e. The SMILES string of the molecule is COCC(C)Nc1ccccc1OC(C)C. The summed E-state index contributed by atoms with van der Waals surface area (Å²) in [4.78, 5) is 0. The number of hydrogen-bond acceptors (Lipinski definition) is 3. The lowest BCUT2D eigenvalue weighted by molar-refractivity contribution is 0.190. The van der Waals surface area contributed by atoms with Gasteiger partial charge < -0.3 is 14.8 Å². The van der Waals surface area contributed by atoms with Crippen LogP contribution in [0.4, 0.5) is 5.69 Å². The highest BCUT2D eigenvalue weighted by molar-refractivity contribution is 5.56. The van der Waals surface area contributed by atoms with Crippen molar-refractivity contribution in [2.75, 3.05) is 19.0 Å². The normalized spacial score (nSPS) is 12.6. The molecule has 0 radical (unpaired) electrons. The molecule has 0 fully saturated rings. The second-order valence-electron chi connectivity index (χ2n) is 4.16. The Hall–Kier alpha value is -1.22. The molecule has 1 unspecified atom stereocenters. The minimum Gasteiger partial charge on any atom is -0.489 e. The lowest BCUT2D eigenvalue weighted by Gasteiger charge is -2.19. The Bertz CT molecular complexity index is 313. The van der Waals surface area contributed by atoms with Crippen LogP contribution in [0.5, 0.6) is 5.75 Å². The molecule has 3 heteroatoms. The van der Waals surface area contributed by atoms with Crippen molar-refractivity contribution in [1.29, 1.82) is 0 Å². The Labute approximate surface area is 97.8 Å². The fourth-order valence-corrected chi connectivity index (χ4v) is 1.50. The highest BCUT2D eigenvalue weighted by Gasteiger charge is 2.07. The van der Waals surface area contributed by atoms with Crippen molar-refractivity contribution in [3.05, 3.63) is 24.3 Å². The van der Waals surface area contributed by atoms with Gasteiger partial charge in [0.05, 0.1) is 18.4 Å². The Morgan fingerprint density at radius 1 is 1.19 bits per heavy atom. The number of hydrogen-bond donors (Lipinski definition) is 1. The fourth-order valence-electron chi connectivity index (χ4n) is 1.50. The van der Waals surface area contributed by atoms with Gasteiger partial charge in [0.2, 0.25) is 0 Å². The third-order valence-electron chi connectivity index (χ3n) is 2.07. The van der Waals surface area contributed by atoms with E-state index in [2.05, 4.69) is 12.2 Å². The predicted molar refractivity (Wildman–Crippen MR) is 67.2 cm³/mol. The van der Waals surface area contributed by atoms with Gasteiger partial charge in [-0.05, 0) is 32.9 Å². The molecule has 0 aliphatic heterocycles. The number of ether oxygens (including phenoxy) is 2. The van der Waals surface area contributed by atoms with Gasteiger partial charge in [0.15, 0.2) is 0 Å². The zero-order chi connectivity index (χ0) is 12.0. The summed E-state index contributed by atoms with van der Waals surface area (Å²) >= 11 is 0. The fraction of sp³-hybridized carbons (Fsp3) is 0.538. The average molecular weight is 223 g/mol. The summed E-state index contributed by atoms with van der Waals surface area (Å²) < 4.78 is 10.8. The summed E-state index contributed by atoms with van der Waals surface area (Å²) in [6.07, 6.45) is 0.181. The molecular weight excluding hydrogens is 202 g/mol. The zero-order valence-corrected chi connectivity index (χ0v) is 10.5. The van der Waals surface area contributed by atoms with Gasteiger partial charge in [-0.2, -0.15) is 0 Å². The molecule has 0 heterocycles. The van der Waals surface area contributed by atoms with E-state index in [1.165, 1.54) is 0 Å². The molecule has 1 aromatic rings. The molecule has 0 aromatic heterocycles. The lowest BCUT2D eigenvalue weighted by Crippen LogP contribution is -2.21. The van der Waals surface area contributed by atoms with Crippen LogP contribution in [0, 0.1) is 0 Å². The van der Waals surface area contributed by atoms with Crippen molar-refractivity contribution in [3.8, 4) is 5.75 Å². The maximum Gasteiger partial charge on any atom is 0.142 e. The first-order valence-electron chi connectivity index (χ1n) is 5.64. The van der Waals surface area contributed by atoms with Crippen LogP contribution in [0.2, 0.25) is 0 Å². The van der Waals surface area contributed by atoms with E-state index in [0.29, 0.717) is 6.61 Å². The highest BCUT2D eigenvalue weighted by Crippen LogP contribution is 2.25. The molecule has 1 atom stereocenters. The van der Waals surface area contributed by atoms with Crippen molar-refractivity contribution >= 4 is 5.69 Å². The first kappa shape index (κ1) is 12.8. The number of nitrogens with one attached hydrogen (secondary N) is 1. The molecule has 16 heavy (non-hydrogen) atoms. The van der Waals surface area contributed by atoms with Crippen molar-refractivity contribution in [2.24, 2.45) is 0 Å². The molecule has 0 aliphatic rings. The number of rotatable bonds is 6. The highest BCUT2D eigenvalue weighted by atomic mass is 16.5. The Morgan fingerprint density at radius 2 is 1.88 bits per heavy atom.